The Hall–Kier alpha value is -1.71. The van der Waals surface area contributed by atoms with Gasteiger partial charge >= 0.3 is 0 Å². The van der Waals surface area contributed by atoms with Gasteiger partial charge in [0.15, 0.2) is 0 Å². The molecule has 1 heterocycles. The molecule has 0 spiro atoms. The Morgan fingerprint density at radius 2 is 2.18 bits per heavy atom. The molecular weight excluding hydrogens is 142 g/mol. The molecule has 0 aliphatic heterocycles. The Labute approximate surface area is 62.5 Å². The van der Waals surface area contributed by atoms with Crippen molar-refractivity contribution in [2.75, 3.05) is 0 Å². The van der Waals surface area contributed by atoms with Crippen LogP contribution in [0.1, 0.15) is 0 Å². The number of nitrogens with zero attached hydrogens (tertiary/aromatic N) is 3. The number of fused-ring (bicyclic) bond motifs is 1. The molecule has 0 amide bonds. The van der Waals surface area contributed by atoms with Gasteiger partial charge in [-0.05, 0) is 17.3 Å². The standard InChI is InChI=1S/C7H5N3O/c11-7-3-1-2-6-5(7)4-8-10-9-6/h1-4,11H. The van der Waals surface area contributed by atoms with Crippen LogP contribution in [-0.2, 0) is 0 Å². The second kappa shape index (κ2) is 2.16. The predicted octanol–water partition coefficient (Wildman–Crippen LogP) is 0.730. The molecule has 1 aromatic heterocycles. The Balaban J connectivity index is 2.91. The first-order valence-electron chi connectivity index (χ1n) is 3.14. The largest absolute Gasteiger partial charge is 0.507 e. The minimum atomic E-state index is 0.185. The van der Waals surface area contributed by atoms with E-state index in [-0.39, 0.29) is 5.75 Å². The maximum Gasteiger partial charge on any atom is 0.126 e. The van der Waals surface area contributed by atoms with Gasteiger partial charge in [-0.1, -0.05) is 6.07 Å². The monoisotopic (exact) mass is 147 g/mol. The van der Waals surface area contributed by atoms with Crippen LogP contribution in [0.25, 0.3) is 10.9 Å². The normalized spacial score (nSPS) is 10.2. The van der Waals surface area contributed by atoms with Gasteiger partial charge in [0.2, 0.25) is 0 Å². The number of rotatable bonds is 0. The van der Waals surface area contributed by atoms with Crippen molar-refractivity contribution in [3.05, 3.63) is 24.4 Å². The summed E-state index contributed by atoms with van der Waals surface area (Å²) in [5, 5.41) is 20.6. The van der Waals surface area contributed by atoms with Gasteiger partial charge in [0, 0.05) is 0 Å². The van der Waals surface area contributed by atoms with E-state index in [2.05, 4.69) is 15.4 Å². The van der Waals surface area contributed by atoms with Gasteiger partial charge in [-0.25, -0.2) is 0 Å². The van der Waals surface area contributed by atoms with Gasteiger partial charge in [-0.2, -0.15) is 0 Å². The van der Waals surface area contributed by atoms with Crippen molar-refractivity contribution in [2.24, 2.45) is 0 Å². The Bertz CT molecular complexity index is 383. The summed E-state index contributed by atoms with van der Waals surface area (Å²) in [4.78, 5) is 0. The molecule has 4 heteroatoms. The number of phenolic OH excluding ortho intramolecular Hbond substituents is 1. The third kappa shape index (κ3) is 0.881. The van der Waals surface area contributed by atoms with Crippen LogP contribution in [0.15, 0.2) is 24.4 Å². The summed E-state index contributed by atoms with van der Waals surface area (Å²) in [5.74, 6) is 0.185. The van der Waals surface area contributed by atoms with E-state index in [0.717, 1.165) is 0 Å². The van der Waals surface area contributed by atoms with Crippen LogP contribution in [0.5, 0.6) is 5.75 Å². The summed E-state index contributed by atoms with van der Waals surface area (Å²) >= 11 is 0. The van der Waals surface area contributed by atoms with E-state index in [1.165, 1.54) is 6.20 Å². The number of phenols is 1. The van der Waals surface area contributed by atoms with Gasteiger partial charge in [-0.3, -0.25) is 0 Å². The first kappa shape index (κ1) is 6.03. The van der Waals surface area contributed by atoms with E-state index in [1.54, 1.807) is 18.2 Å². The second-order valence-corrected chi connectivity index (χ2v) is 2.14. The molecule has 1 aromatic carbocycles. The van der Waals surface area contributed by atoms with Crippen LogP contribution in [0, 0.1) is 0 Å². The fourth-order valence-corrected chi connectivity index (χ4v) is 0.918. The molecule has 0 bridgehead atoms. The molecular formula is C7H5N3O. The molecule has 54 valence electrons. The average Bonchev–Trinajstić information content (AvgIpc) is 2.06. The zero-order chi connectivity index (χ0) is 7.68. The molecule has 1 N–H and O–H groups in total. The van der Waals surface area contributed by atoms with E-state index in [0.29, 0.717) is 10.9 Å². The highest BCUT2D eigenvalue weighted by molar-refractivity contribution is 5.83. The lowest BCUT2D eigenvalue weighted by Crippen LogP contribution is -1.86. The van der Waals surface area contributed by atoms with Crippen molar-refractivity contribution >= 4 is 10.9 Å². The van der Waals surface area contributed by atoms with E-state index >= 15 is 0 Å². The molecule has 0 saturated carbocycles. The van der Waals surface area contributed by atoms with Gasteiger partial charge in [-0.15, -0.1) is 10.2 Å². The van der Waals surface area contributed by atoms with Crippen molar-refractivity contribution < 1.29 is 5.11 Å². The molecule has 0 atom stereocenters. The molecule has 4 nitrogen and oxygen atoms in total. The summed E-state index contributed by atoms with van der Waals surface area (Å²) in [7, 11) is 0. The molecule has 0 aliphatic rings. The van der Waals surface area contributed by atoms with E-state index in [9.17, 15) is 5.11 Å². The third-order valence-electron chi connectivity index (χ3n) is 1.45. The second-order valence-electron chi connectivity index (χ2n) is 2.14. The molecule has 2 rings (SSSR count). The van der Waals surface area contributed by atoms with Crippen molar-refractivity contribution in [3.8, 4) is 5.75 Å². The summed E-state index contributed by atoms with van der Waals surface area (Å²) < 4.78 is 0. The van der Waals surface area contributed by atoms with Crippen molar-refractivity contribution in [2.45, 2.75) is 0 Å². The van der Waals surface area contributed by atoms with Crippen LogP contribution in [-0.4, -0.2) is 20.5 Å². The molecule has 0 aliphatic carbocycles. The van der Waals surface area contributed by atoms with Crippen molar-refractivity contribution in [3.63, 3.8) is 0 Å². The smallest absolute Gasteiger partial charge is 0.126 e. The van der Waals surface area contributed by atoms with Gasteiger partial charge in [0.1, 0.15) is 11.3 Å². The minimum absolute atomic E-state index is 0.185. The first-order valence-corrected chi connectivity index (χ1v) is 3.14. The Kier molecular flexibility index (Phi) is 1.18. The molecule has 0 unspecified atom stereocenters. The Morgan fingerprint density at radius 3 is 3.00 bits per heavy atom. The fraction of sp³-hybridized carbons (Fsp3) is 0. The molecule has 2 aromatic rings. The number of aromatic nitrogens is 3. The van der Waals surface area contributed by atoms with Crippen LogP contribution >= 0.6 is 0 Å². The van der Waals surface area contributed by atoms with Crippen LogP contribution < -0.4 is 0 Å². The van der Waals surface area contributed by atoms with Crippen LogP contribution in [0.3, 0.4) is 0 Å². The lowest BCUT2D eigenvalue weighted by Gasteiger charge is -1.94. The fourth-order valence-electron chi connectivity index (χ4n) is 0.918. The molecule has 11 heavy (non-hydrogen) atoms. The van der Waals surface area contributed by atoms with Crippen LogP contribution in [0.4, 0.5) is 0 Å². The van der Waals surface area contributed by atoms with E-state index in [4.69, 9.17) is 0 Å². The van der Waals surface area contributed by atoms with E-state index < -0.39 is 0 Å². The predicted molar refractivity (Wildman–Crippen MR) is 39.0 cm³/mol. The van der Waals surface area contributed by atoms with Gasteiger partial charge < -0.3 is 5.11 Å². The highest BCUT2D eigenvalue weighted by Gasteiger charge is 1.97. The van der Waals surface area contributed by atoms with Crippen molar-refractivity contribution in [1.29, 1.82) is 0 Å². The highest BCUT2D eigenvalue weighted by atomic mass is 16.3. The lowest BCUT2D eigenvalue weighted by atomic mass is 10.2. The van der Waals surface area contributed by atoms with Crippen molar-refractivity contribution in [1.82, 2.24) is 15.4 Å². The highest BCUT2D eigenvalue weighted by Crippen LogP contribution is 2.19. The number of hydrogen-bond acceptors (Lipinski definition) is 4. The first-order chi connectivity index (χ1) is 5.38. The average molecular weight is 147 g/mol. The molecule has 0 saturated heterocycles. The summed E-state index contributed by atoms with van der Waals surface area (Å²) in [6, 6.07) is 5.07. The molecule has 0 fully saturated rings. The quantitative estimate of drug-likeness (QED) is 0.596. The maximum atomic E-state index is 9.26. The van der Waals surface area contributed by atoms with Gasteiger partial charge in [0.25, 0.3) is 0 Å². The maximum absolute atomic E-state index is 9.26. The van der Waals surface area contributed by atoms with Gasteiger partial charge in [0.05, 0.1) is 11.6 Å². The number of benzene rings is 1. The number of hydrogen-bond donors (Lipinski definition) is 1. The lowest BCUT2D eigenvalue weighted by molar-refractivity contribution is 0.481. The van der Waals surface area contributed by atoms with E-state index in [1.807, 2.05) is 0 Å². The zero-order valence-corrected chi connectivity index (χ0v) is 5.60. The van der Waals surface area contributed by atoms with Crippen LogP contribution in [0.2, 0.25) is 0 Å². The SMILES string of the molecule is Oc1cccc2nnncc12. The minimum Gasteiger partial charge on any atom is -0.507 e. The number of aromatic hydroxyl groups is 1. The topological polar surface area (TPSA) is 58.9 Å². The summed E-state index contributed by atoms with van der Waals surface area (Å²) in [5.41, 5.74) is 0.653. The summed E-state index contributed by atoms with van der Waals surface area (Å²) in [6.45, 7) is 0. The molecule has 0 radical (unpaired) electrons. The Morgan fingerprint density at radius 1 is 1.27 bits per heavy atom. The zero-order valence-electron chi connectivity index (χ0n) is 5.60. The third-order valence-corrected chi connectivity index (χ3v) is 1.45. The summed E-state index contributed by atoms with van der Waals surface area (Å²) in [6.07, 6.45) is 1.48.